The second kappa shape index (κ2) is 7.03. The average molecular weight is 296 g/mol. The molecule has 2 rings (SSSR count). The number of aldehydes is 1. The van der Waals surface area contributed by atoms with Crippen molar-refractivity contribution in [2.45, 2.75) is 27.2 Å². The number of hydrogen-bond donors (Lipinski definition) is 0. The highest BCUT2D eigenvalue weighted by atomic mass is 16.5. The van der Waals surface area contributed by atoms with Crippen LogP contribution >= 0.6 is 0 Å². The number of aryl methyl sites for hydroxylation is 2. The third kappa shape index (κ3) is 3.61. The fraction of sp³-hybridized carbons (Fsp3) is 0.263. The van der Waals surface area contributed by atoms with Crippen molar-refractivity contribution in [1.29, 1.82) is 0 Å². The Kier molecular flexibility index (Phi) is 5.10. The molecule has 0 amide bonds. The van der Waals surface area contributed by atoms with Crippen LogP contribution in [-0.4, -0.2) is 18.9 Å². The lowest BCUT2D eigenvalue weighted by Gasteiger charge is -2.12. The minimum absolute atomic E-state index is 0.239. The van der Waals surface area contributed by atoms with Crippen LogP contribution in [0.4, 0.5) is 0 Å². The Bertz CT molecular complexity index is 702. The zero-order valence-electron chi connectivity index (χ0n) is 13.2. The molecule has 114 valence electrons. The molecular weight excluding hydrogens is 276 g/mol. The number of ether oxygens (including phenoxy) is 1. The molecule has 0 heterocycles. The summed E-state index contributed by atoms with van der Waals surface area (Å²) < 4.78 is 4.99. The summed E-state index contributed by atoms with van der Waals surface area (Å²) in [5.41, 5.74) is 5.53. The first kappa shape index (κ1) is 16.0. The van der Waals surface area contributed by atoms with Gasteiger partial charge in [-0.1, -0.05) is 35.9 Å². The summed E-state index contributed by atoms with van der Waals surface area (Å²) in [6, 6.07) is 11.7. The molecule has 0 fully saturated rings. The Morgan fingerprint density at radius 2 is 1.86 bits per heavy atom. The molecule has 22 heavy (non-hydrogen) atoms. The lowest BCUT2D eigenvalue weighted by atomic mass is 9.93. The van der Waals surface area contributed by atoms with Gasteiger partial charge in [0.05, 0.1) is 13.0 Å². The lowest BCUT2D eigenvalue weighted by Crippen LogP contribution is -2.07. The van der Waals surface area contributed by atoms with Crippen LogP contribution in [0.15, 0.2) is 36.4 Å². The van der Waals surface area contributed by atoms with E-state index in [9.17, 15) is 9.59 Å². The van der Waals surface area contributed by atoms with Crippen LogP contribution in [0, 0.1) is 13.8 Å². The van der Waals surface area contributed by atoms with Gasteiger partial charge in [0.1, 0.15) is 0 Å². The predicted molar refractivity (Wildman–Crippen MR) is 87.1 cm³/mol. The number of carbonyl (C=O) groups is 2. The smallest absolute Gasteiger partial charge is 0.310 e. The molecular formula is C19H20O3. The first-order valence-electron chi connectivity index (χ1n) is 7.36. The van der Waals surface area contributed by atoms with Gasteiger partial charge in [-0.2, -0.15) is 0 Å². The molecule has 0 radical (unpaired) electrons. The molecule has 3 heteroatoms. The first-order chi connectivity index (χ1) is 10.5. The molecule has 0 N–H and O–H groups in total. The molecule has 2 aromatic carbocycles. The normalized spacial score (nSPS) is 10.3. The van der Waals surface area contributed by atoms with Crippen LogP contribution in [0.25, 0.3) is 11.1 Å². The van der Waals surface area contributed by atoms with Crippen molar-refractivity contribution < 1.29 is 14.3 Å². The fourth-order valence-electron chi connectivity index (χ4n) is 2.47. The van der Waals surface area contributed by atoms with Crippen LogP contribution in [0.2, 0.25) is 0 Å². The van der Waals surface area contributed by atoms with Gasteiger partial charge in [0.15, 0.2) is 6.29 Å². The van der Waals surface area contributed by atoms with E-state index in [4.69, 9.17) is 4.74 Å². The van der Waals surface area contributed by atoms with Crippen molar-refractivity contribution in [3.63, 3.8) is 0 Å². The van der Waals surface area contributed by atoms with E-state index in [-0.39, 0.29) is 12.4 Å². The van der Waals surface area contributed by atoms with Crippen molar-refractivity contribution in [3.05, 3.63) is 58.7 Å². The molecule has 0 aliphatic heterocycles. The monoisotopic (exact) mass is 296 g/mol. The molecule has 0 atom stereocenters. The third-order valence-electron chi connectivity index (χ3n) is 3.58. The Morgan fingerprint density at radius 3 is 2.55 bits per heavy atom. The van der Waals surface area contributed by atoms with Crippen LogP contribution in [0.5, 0.6) is 0 Å². The number of rotatable bonds is 5. The minimum atomic E-state index is -0.239. The Balaban J connectivity index is 2.43. The van der Waals surface area contributed by atoms with E-state index in [1.165, 1.54) is 0 Å². The number of carbonyl (C=O) groups excluding carboxylic acids is 2. The van der Waals surface area contributed by atoms with Gasteiger partial charge < -0.3 is 4.74 Å². The maximum atomic E-state index is 11.6. The lowest BCUT2D eigenvalue weighted by molar-refractivity contribution is -0.142. The molecule has 0 spiro atoms. The second-order valence-corrected chi connectivity index (χ2v) is 5.34. The third-order valence-corrected chi connectivity index (χ3v) is 3.58. The van der Waals surface area contributed by atoms with Crippen molar-refractivity contribution in [1.82, 2.24) is 0 Å². The molecule has 0 aliphatic carbocycles. The van der Waals surface area contributed by atoms with Gasteiger partial charge in [0.25, 0.3) is 0 Å². The Hall–Kier alpha value is -2.42. The van der Waals surface area contributed by atoms with Gasteiger partial charge in [-0.05, 0) is 49.1 Å². The Labute approximate surface area is 130 Å². The number of hydrogen-bond acceptors (Lipinski definition) is 3. The summed E-state index contributed by atoms with van der Waals surface area (Å²) in [7, 11) is 0. The van der Waals surface area contributed by atoms with E-state index in [1.54, 1.807) is 6.92 Å². The highest BCUT2D eigenvalue weighted by Gasteiger charge is 2.11. The molecule has 0 unspecified atom stereocenters. The summed E-state index contributed by atoms with van der Waals surface area (Å²) in [5.74, 6) is -0.239. The van der Waals surface area contributed by atoms with E-state index in [1.807, 2.05) is 50.2 Å². The first-order valence-corrected chi connectivity index (χ1v) is 7.36. The molecule has 0 bridgehead atoms. The molecule has 2 aromatic rings. The van der Waals surface area contributed by atoms with Crippen molar-refractivity contribution in [2.24, 2.45) is 0 Å². The molecule has 0 aliphatic rings. The molecule has 0 aromatic heterocycles. The van der Waals surface area contributed by atoms with Crippen LogP contribution in [0.3, 0.4) is 0 Å². The zero-order chi connectivity index (χ0) is 16.1. The van der Waals surface area contributed by atoms with Crippen LogP contribution < -0.4 is 0 Å². The summed E-state index contributed by atoms with van der Waals surface area (Å²) >= 11 is 0. The largest absolute Gasteiger partial charge is 0.466 e. The van der Waals surface area contributed by atoms with Gasteiger partial charge in [-0.3, -0.25) is 9.59 Å². The van der Waals surface area contributed by atoms with Gasteiger partial charge >= 0.3 is 5.97 Å². The van der Waals surface area contributed by atoms with Gasteiger partial charge in [-0.15, -0.1) is 0 Å². The maximum absolute atomic E-state index is 11.6. The highest BCUT2D eigenvalue weighted by molar-refractivity contribution is 5.89. The van der Waals surface area contributed by atoms with Crippen LogP contribution in [-0.2, 0) is 16.0 Å². The molecule has 0 saturated heterocycles. The van der Waals surface area contributed by atoms with Crippen molar-refractivity contribution in [2.75, 3.05) is 6.61 Å². The van der Waals surface area contributed by atoms with E-state index < -0.39 is 0 Å². The van der Waals surface area contributed by atoms with Crippen molar-refractivity contribution in [3.8, 4) is 11.1 Å². The van der Waals surface area contributed by atoms with E-state index in [0.29, 0.717) is 12.2 Å². The zero-order valence-corrected chi connectivity index (χ0v) is 13.2. The summed E-state index contributed by atoms with van der Waals surface area (Å²) in [6.45, 7) is 6.13. The average Bonchev–Trinajstić information content (AvgIpc) is 2.49. The molecule has 0 saturated carbocycles. The van der Waals surface area contributed by atoms with E-state index in [2.05, 4.69) is 0 Å². The Morgan fingerprint density at radius 1 is 1.09 bits per heavy atom. The quantitative estimate of drug-likeness (QED) is 0.621. The number of esters is 1. The topological polar surface area (TPSA) is 43.4 Å². The second-order valence-electron chi connectivity index (χ2n) is 5.34. The van der Waals surface area contributed by atoms with Gasteiger partial charge in [-0.25, -0.2) is 0 Å². The SMILES string of the molecule is CCOC(=O)Cc1ccc(C)c(-c2ccc(C)cc2C=O)c1. The van der Waals surface area contributed by atoms with Crippen LogP contribution in [0.1, 0.15) is 34.0 Å². The summed E-state index contributed by atoms with van der Waals surface area (Å²) in [6.07, 6.45) is 1.11. The van der Waals surface area contributed by atoms with Gasteiger partial charge in [0, 0.05) is 5.56 Å². The van der Waals surface area contributed by atoms with E-state index >= 15 is 0 Å². The van der Waals surface area contributed by atoms with E-state index in [0.717, 1.165) is 34.1 Å². The number of benzene rings is 2. The standard InChI is InChI=1S/C19H20O3/c1-4-22-19(21)11-15-7-6-14(3)18(10-15)17-8-5-13(2)9-16(17)12-20/h5-10,12H,4,11H2,1-3H3. The molecule has 3 nitrogen and oxygen atoms in total. The van der Waals surface area contributed by atoms with Crippen molar-refractivity contribution >= 4 is 12.3 Å². The predicted octanol–water partition coefficient (Wildman–Crippen LogP) is 3.89. The summed E-state index contributed by atoms with van der Waals surface area (Å²) in [5, 5.41) is 0. The fourth-order valence-corrected chi connectivity index (χ4v) is 2.47. The maximum Gasteiger partial charge on any atom is 0.310 e. The minimum Gasteiger partial charge on any atom is -0.466 e. The van der Waals surface area contributed by atoms with Gasteiger partial charge in [0.2, 0.25) is 0 Å². The summed E-state index contributed by atoms with van der Waals surface area (Å²) in [4.78, 5) is 23.0. The highest BCUT2D eigenvalue weighted by Crippen LogP contribution is 2.28.